The topological polar surface area (TPSA) is 61.3 Å². The second kappa shape index (κ2) is 18.9. The van der Waals surface area contributed by atoms with E-state index in [2.05, 4.69) is 69.2 Å². The quantitative estimate of drug-likeness (QED) is 0.216. The molecule has 4 N–H and O–H groups in total. The van der Waals surface area contributed by atoms with Crippen LogP contribution in [0.5, 0.6) is 5.75 Å². The molecule has 4 saturated carbocycles. The number of fused-ring (bicyclic) bond motifs is 5. The number of rotatable bonds is 12. The van der Waals surface area contributed by atoms with Crippen LogP contribution < -0.4 is 16.2 Å². The number of benzene rings is 1. The molecule has 1 aromatic rings. The van der Waals surface area contributed by atoms with Crippen molar-refractivity contribution in [3.8, 4) is 5.75 Å². The summed E-state index contributed by atoms with van der Waals surface area (Å²) in [5.41, 5.74) is 14.7. The summed E-state index contributed by atoms with van der Waals surface area (Å²) in [6.45, 7) is 28.4. The van der Waals surface area contributed by atoms with E-state index >= 15 is 0 Å². The van der Waals surface area contributed by atoms with Crippen molar-refractivity contribution in [3.05, 3.63) is 18.2 Å². The van der Waals surface area contributed by atoms with E-state index in [1.54, 1.807) is 0 Å². The van der Waals surface area contributed by atoms with Gasteiger partial charge in [0, 0.05) is 11.8 Å². The zero-order valence-corrected chi connectivity index (χ0v) is 34.8. The molecule has 4 aliphatic rings. The van der Waals surface area contributed by atoms with E-state index in [-0.39, 0.29) is 6.10 Å². The predicted molar refractivity (Wildman–Crippen MR) is 217 cm³/mol. The first kappa shape index (κ1) is 42.0. The average Bonchev–Trinajstić information content (AvgIpc) is 3.43. The molecule has 4 aliphatic carbocycles. The summed E-state index contributed by atoms with van der Waals surface area (Å²) >= 11 is 0. The second-order valence-corrected chi connectivity index (χ2v) is 18.6. The fourth-order valence-corrected chi connectivity index (χ4v) is 12.1. The maximum Gasteiger partial charge on any atom is 0.144 e. The first-order chi connectivity index (χ1) is 23.2. The number of nitrogen functional groups attached to an aromatic ring is 2. The lowest BCUT2D eigenvalue weighted by atomic mass is 9.44. The van der Waals surface area contributed by atoms with Gasteiger partial charge in [-0.3, -0.25) is 0 Å². The van der Waals surface area contributed by atoms with Crippen LogP contribution in [0.1, 0.15) is 179 Å². The largest absolute Gasteiger partial charge is 0.488 e. The molecule has 0 heterocycles. The Kier molecular flexibility index (Phi) is 16.2. The minimum absolute atomic E-state index is 0.278. The van der Waals surface area contributed by atoms with Gasteiger partial charge in [0.15, 0.2) is 0 Å². The molecule has 0 radical (unpaired) electrons. The maximum absolute atomic E-state index is 6.46. The normalized spacial score (nSPS) is 33.9. The third-order valence-corrected chi connectivity index (χ3v) is 15.0. The molecule has 0 aromatic heterocycles. The highest BCUT2D eigenvalue weighted by Gasteiger charge is 2.60. The minimum atomic E-state index is 0.278. The molecule has 4 fully saturated rings. The Morgan fingerprint density at radius 3 is 2.10 bits per heavy atom. The van der Waals surface area contributed by atoms with Crippen molar-refractivity contribution in [2.24, 2.45) is 70.0 Å². The molecule has 11 atom stereocenters. The number of nitrogens with two attached hydrogens (primary N) is 2. The van der Waals surface area contributed by atoms with Crippen LogP contribution in [0, 0.1) is 70.0 Å². The SMILES string of the molecule is CC.CC(C)CCCC(C)C1CCC2C3CCC4CC(Oc5cc(N)ccc5N)CCC4(C)C3CCC12C.CCCC(C(C)C)C(C)CC. The van der Waals surface area contributed by atoms with Crippen molar-refractivity contribution in [3.63, 3.8) is 0 Å². The van der Waals surface area contributed by atoms with Crippen molar-refractivity contribution >= 4 is 11.4 Å². The molecule has 0 bridgehead atoms. The van der Waals surface area contributed by atoms with Gasteiger partial charge in [-0.05, 0) is 140 Å². The second-order valence-electron chi connectivity index (χ2n) is 18.6. The zero-order valence-electron chi connectivity index (χ0n) is 34.8. The molecule has 11 unspecified atom stereocenters. The lowest BCUT2D eigenvalue weighted by Gasteiger charge is -2.61. The highest BCUT2D eigenvalue weighted by atomic mass is 16.5. The first-order valence-electron chi connectivity index (χ1n) is 21.6. The number of ether oxygens (including phenoxy) is 1. The number of hydrogen-bond acceptors (Lipinski definition) is 3. The van der Waals surface area contributed by atoms with Gasteiger partial charge in [-0.2, -0.15) is 0 Å². The Labute approximate surface area is 306 Å². The highest BCUT2D eigenvalue weighted by Crippen LogP contribution is 2.68. The van der Waals surface area contributed by atoms with Gasteiger partial charge in [0.25, 0.3) is 0 Å². The predicted octanol–water partition coefficient (Wildman–Crippen LogP) is 13.9. The van der Waals surface area contributed by atoms with E-state index in [0.29, 0.717) is 16.5 Å². The Morgan fingerprint density at radius 1 is 0.796 bits per heavy atom. The van der Waals surface area contributed by atoms with E-state index in [1.807, 2.05) is 32.0 Å². The molecule has 0 saturated heterocycles. The van der Waals surface area contributed by atoms with Crippen molar-refractivity contribution in [2.45, 2.75) is 186 Å². The van der Waals surface area contributed by atoms with Gasteiger partial charge in [0.1, 0.15) is 5.75 Å². The summed E-state index contributed by atoms with van der Waals surface area (Å²) in [7, 11) is 0. The van der Waals surface area contributed by atoms with Gasteiger partial charge in [0.05, 0.1) is 11.8 Å². The Balaban J connectivity index is 0.000000429. The third-order valence-electron chi connectivity index (χ3n) is 15.0. The monoisotopic (exact) mass is 681 g/mol. The fourth-order valence-electron chi connectivity index (χ4n) is 12.1. The van der Waals surface area contributed by atoms with Crippen LogP contribution in [-0.2, 0) is 0 Å². The summed E-state index contributed by atoms with van der Waals surface area (Å²) in [5, 5.41) is 0. The van der Waals surface area contributed by atoms with Crippen LogP contribution >= 0.6 is 0 Å². The van der Waals surface area contributed by atoms with Crippen molar-refractivity contribution < 1.29 is 4.74 Å². The van der Waals surface area contributed by atoms with Gasteiger partial charge in [0.2, 0.25) is 0 Å². The van der Waals surface area contributed by atoms with Gasteiger partial charge in [-0.15, -0.1) is 0 Å². The molecule has 1 aromatic carbocycles. The fraction of sp³-hybridized carbons (Fsp3) is 0.870. The summed E-state index contributed by atoms with van der Waals surface area (Å²) in [6.07, 6.45) is 21.1. The minimum Gasteiger partial charge on any atom is -0.488 e. The maximum atomic E-state index is 6.46. The van der Waals surface area contributed by atoms with Gasteiger partial charge >= 0.3 is 0 Å². The molecule has 3 heteroatoms. The highest BCUT2D eigenvalue weighted by molar-refractivity contribution is 5.59. The first-order valence-corrected chi connectivity index (χ1v) is 21.6. The van der Waals surface area contributed by atoms with E-state index in [1.165, 1.54) is 89.9 Å². The lowest BCUT2D eigenvalue weighted by Crippen LogP contribution is -2.54. The van der Waals surface area contributed by atoms with Gasteiger partial charge in [-0.1, -0.05) is 122 Å². The van der Waals surface area contributed by atoms with Crippen LogP contribution in [0.25, 0.3) is 0 Å². The third kappa shape index (κ3) is 9.94. The molecule has 49 heavy (non-hydrogen) atoms. The van der Waals surface area contributed by atoms with Crippen LogP contribution in [-0.4, -0.2) is 6.10 Å². The zero-order chi connectivity index (χ0) is 36.5. The molecule has 0 aliphatic heterocycles. The molecule has 0 spiro atoms. The van der Waals surface area contributed by atoms with Crippen LogP contribution in [0.15, 0.2) is 18.2 Å². The number of anilines is 2. The molecule has 5 rings (SSSR count). The Morgan fingerprint density at radius 2 is 1.47 bits per heavy atom. The summed E-state index contributed by atoms with van der Waals surface area (Å²) in [4.78, 5) is 0. The van der Waals surface area contributed by atoms with Crippen molar-refractivity contribution in [1.29, 1.82) is 0 Å². The summed E-state index contributed by atoms with van der Waals surface area (Å²) in [5.74, 6) is 9.84. The summed E-state index contributed by atoms with van der Waals surface area (Å²) < 4.78 is 6.46. The van der Waals surface area contributed by atoms with Gasteiger partial charge in [-0.25, -0.2) is 0 Å². The Hall–Kier alpha value is -1.38. The standard InChI is InChI=1S/C33H54N2O.C11H24.C2H6/c1-21(2)7-6-8-22(3)27-12-13-28-26-11-9-23-19-25(36-31-20-24(34)10-14-30(31)35)15-17-32(23,4)29(26)16-18-33(27,28)5;1-6-8-11(9(3)4)10(5)7-2;1-2/h10,14,20-23,25-29H,6-9,11-13,15-19,34-35H2,1-5H3;9-11H,6-8H2,1-5H3;1-2H3. The Bertz CT molecular complexity index is 1100. The van der Waals surface area contributed by atoms with E-state index in [9.17, 15) is 0 Å². The summed E-state index contributed by atoms with van der Waals surface area (Å²) in [6, 6.07) is 5.64. The van der Waals surface area contributed by atoms with Crippen molar-refractivity contribution in [2.75, 3.05) is 11.5 Å². The molecular formula is C46H84N2O. The van der Waals surface area contributed by atoms with E-state index in [4.69, 9.17) is 16.2 Å². The smallest absolute Gasteiger partial charge is 0.144 e. The lowest BCUT2D eigenvalue weighted by molar-refractivity contribution is -0.126. The van der Waals surface area contributed by atoms with Crippen LogP contribution in [0.4, 0.5) is 11.4 Å². The molecular weight excluding hydrogens is 597 g/mol. The molecule has 0 amide bonds. The van der Waals surface area contributed by atoms with Gasteiger partial charge < -0.3 is 16.2 Å². The molecule has 284 valence electrons. The van der Waals surface area contributed by atoms with E-state index < -0.39 is 0 Å². The molecule has 3 nitrogen and oxygen atoms in total. The number of hydrogen-bond donors (Lipinski definition) is 2. The van der Waals surface area contributed by atoms with Crippen LogP contribution in [0.3, 0.4) is 0 Å². The van der Waals surface area contributed by atoms with E-state index in [0.717, 1.165) is 77.0 Å². The van der Waals surface area contributed by atoms with Crippen molar-refractivity contribution in [1.82, 2.24) is 0 Å². The average molecular weight is 681 g/mol. The van der Waals surface area contributed by atoms with Crippen LogP contribution in [0.2, 0.25) is 0 Å².